The third-order valence-electron chi connectivity index (χ3n) is 6.49. The van der Waals surface area contributed by atoms with Crippen molar-refractivity contribution in [2.75, 3.05) is 55.8 Å². The Morgan fingerprint density at radius 2 is 2.03 bits per heavy atom. The first-order chi connectivity index (χ1) is 16.7. The number of benzene rings is 1. The van der Waals surface area contributed by atoms with Crippen molar-refractivity contribution < 1.29 is 23.8 Å². The number of aromatic nitrogens is 2. The number of carbonyl (C=O) groups excluding carboxylic acids is 1. The van der Waals surface area contributed by atoms with Crippen molar-refractivity contribution in [3.63, 3.8) is 0 Å². The second-order valence-corrected chi connectivity index (χ2v) is 8.88. The SMILES string of the molecule is CC1CN(C(=O)O)CCN1c1nc(OCC2CCCN2C)nc(C(=O)Nc2ccccc2F)c1N. The van der Waals surface area contributed by atoms with E-state index < -0.39 is 17.8 Å². The molecule has 2 amide bonds. The maximum absolute atomic E-state index is 14.1. The van der Waals surface area contributed by atoms with E-state index in [2.05, 4.69) is 20.2 Å². The number of likely N-dealkylation sites (tertiary alicyclic amines) is 1. The lowest BCUT2D eigenvalue weighted by Crippen LogP contribution is -2.54. The van der Waals surface area contributed by atoms with Gasteiger partial charge in [-0.15, -0.1) is 0 Å². The van der Waals surface area contributed by atoms with Crippen LogP contribution in [0, 0.1) is 5.82 Å². The average Bonchev–Trinajstić information content (AvgIpc) is 3.24. The molecule has 2 saturated heterocycles. The van der Waals surface area contributed by atoms with Crippen molar-refractivity contribution in [2.24, 2.45) is 0 Å². The summed E-state index contributed by atoms with van der Waals surface area (Å²) >= 11 is 0. The van der Waals surface area contributed by atoms with Crippen molar-refractivity contribution in [3.05, 3.63) is 35.8 Å². The second kappa shape index (κ2) is 10.3. The molecule has 11 nitrogen and oxygen atoms in total. The van der Waals surface area contributed by atoms with E-state index in [1.54, 1.807) is 6.07 Å². The third-order valence-corrected chi connectivity index (χ3v) is 6.49. The lowest BCUT2D eigenvalue weighted by molar-refractivity contribution is 0.102. The summed E-state index contributed by atoms with van der Waals surface area (Å²) in [6, 6.07) is 5.73. The predicted molar refractivity (Wildman–Crippen MR) is 128 cm³/mol. The Morgan fingerprint density at radius 3 is 2.69 bits per heavy atom. The minimum Gasteiger partial charge on any atom is -0.465 e. The molecule has 0 bridgehead atoms. The quantitative estimate of drug-likeness (QED) is 0.559. The van der Waals surface area contributed by atoms with Crippen LogP contribution in [-0.4, -0.2) is 88.8 Å². The number of anilines is 3. The van der Waals surface area contributed by atoms with E-state index in [-0.39, 0.29) is 54.1 Å². The highest BCUT2D eigenvalue weighted by molar-refractivity contribution is 6.07. The monoisotopic (exact) mass is 487 g/mol. The number of nitrogen functional groups attached to an aromatic ring is 1. The highest BCUT2D eigenvalue weighted by Crippen LogP contribution is 2.30. The average molecular weight is 488 g/mol. The van der Waals surface area contributed by atoms with Gasteiger partial charge in [-0.2, -0.15) is 9.97 Å². The maximum Gasteiger partial charge on any atom is 0.407 e. The van der Waals surface area contributed by atoms with E-state index in [9.17, 15) is 19.1 Å². The van der Waals surface area contributed by atoms with Crippen LogP contribution in [-0.2, 0) is 0 Å². The molecular weight excluding hydrogens is 457 g/mol. The minimum absolute atomic E-state index is 0.00412. The van der Waals surface area contributed by atoms with Crippen LogP contribution in [0.4, 0.5) is 26.4 Å². The first-order valence-corrected chi connectivity index (χ1v) is 11.6. The smallest absolute Gasteiger partial charge is 0.407 e. The van der Waals surface area contributed by atoms with Gasteiger partial charge in [-0.05, 0) is 45.5 Å². The molecule has 3 heterocycles. The van der Waals surface area contributed by atoms with Crippen molar-refractivity contribution in [3.8, 4) is 6.01 Å². The molecule has 188 valence electrons. The maximum atomic E-state index is 14.1. The fraction of sp³-hybridized carbons (Fsp3) is 0.478. The molecule has 2 aromatic rings. The van der Waals surface area contributed by atoms with E-state index >= 15 is 0 Å². The molecule has 4 N–H and O–H groups in total. The summed E-state index contributed by atoms with van der Waals surface area (Å²) < 4.78 is 20.0. The first-order valence-electron chi connectivity index (χ1n) is 11.6. The van der Waals surface area contributed by atoms with Gasteiger partial charge in [-0.25, -0.2) is 9.18 Å². The number of hydrogen-bond donors (Lipinski definition) is 3. The van der Waals surface area contributed by atoms with Gasteiger partial charge in [-0.3, -0.25) is 4.79 Å². The Kier molecular flexibility index (Phi) is 7.20. The number of amides is 2. The van der Waals surface area contributed by atoms with E-state index in [0.717, 1.165) is 19.4 Å². The summed E-state index contributed by atoms with van der Waals surface area (Å²) in [6.45, 7) is 4.00. The summed E-state index contributed by atoms with van der Waals surface area (Å²) in [5.41, 5.74) is 6.23. The second-order valence-electron chi connectivity index (χ2n) is 8.88. The van der Waals surface area contributed by atoms with Gasteiger partial charge < -0.3 is 35.6 Å². The van der Waals surface area contributed by atoms with Crippen LogP contribution in [0.1, 0.15) is 30.3 Å². The van der Waals surface area contributed by atoms with Gasteiger partial charge >= 0.3 is 12.1 Å². The number of rotatable bonds is 6. The topological polar surface area (TPSA) is 137 Å². The lowest BCUT2D eigenvalue weighted by Gasteiger charge is -2.39. The number of carbonyl (C=O) groups is 2. The zero-order valence-electron chi connectivity index (χ0n) is 19.8. The van der Waals surface area contributed by atoms with Crippen LogP contribution in [0.2, 0.25) is 0 Å². The van der Waals surface area contributed by atoms with Crippen LogP contribution in [0.15, 0.2) is 24.3 Å². The number of carboxylic acid groups (broad SMARTS) is 1. The molecule has 12 heteroatoms. The highest BCUT2D eigenvalue weighted by Gasteiger charge is 2.31. The number of para-hydroxylation sites is 1. The molecule has 1 aromatic heterocycles. The number of hydrogen-bond acceptors (Lipinski definition) is 8. The molecule has 2 aliphatic heterocycles. The van der Waals surface area contributed by atoms with Crippen molar-refractivity contribution in [1.82, 2.24) is 19.8 Å². The first kappa shape index (κ1) is 24.5. The number of piperazine rings is 1. The number of nitrogens with zero attached hydrogens (tertiary/aromatic N) is 5. The largest absolute Gasteiger partial charge is 0.465 e. The molecule has 4 rings (SSSR count). The van der Waals surface area contributed by atoms with Crippen LogP contribution in [0.5, 0.6) is 6.01 Å². The molecule has 2 unspecified atom stereocenters. The summed E-state index contributed by atoms with van der Waals surface area (Å²) in [5, 5.41) is 11.8. The van der Waals surface area contributed by atoms with Crippen LogP contribution < -0.4 is 20.7 Å². The molecule has 2 fully saturated rings. The van der Waals surface area contributed by atoms with Gasteiger partial charge in [0.2, 0.25) is 0 Å². The Morgan fingerprint density at radius 1 is 1.26 bits per heavy atom. The predicted octanol–water partition coefficient (Wildman–Crippen LogP) is 2.11. The van der Waals surface area contributed by atoms with Gasteiger partial charge in [-0.1, -0.05) is 12.1 Å². The molecule has 0 radical (unpaired) electrons. The van der Waals surface area contributed by atoms with Crippen LogP contribution in [0.3, 0.4) is 0 Å². The van der Waals surface area contributed by atoms with Crippen molar-refractivity contribution in [1.29, 1.82) is 0 Å². The minimum atomic E-state index is -0.998. The van der Waals surface area contributed by atoms with E-state index in [0.29, 0.717) is 13.2 Å². The van der Waals surface area contributed by atoms with Gasteiger partial charge in [0.25, 0.3) is 5.91 Å². The molecule has 0 spiro atoms. The van der Waals surface area contributed by atoms with Gasteiger partial charge in [0.15, 0.2) is 11.5 Å². The van der Waals surface area contributed by atoms with Crippen molar-refractivity contribution in [2.45, 2.75) is 31.8 Å². The Hall–Kier alpha value is -3.67. The number of nitrogens with two attached hydrogens (primary N) is 1. The molecule has 1 aromatic carbocycles. The van der Waals surface area contributed by atoms with E-state index in [1.165, 1.54) is 23.1 Å². The van der Waals surface area contributed by atoms with E-state index in [1.807, 2.05) is 18.9 Å². The summed E-state index contributed by atoms with van der Waals surface area (Å²) in [5.74, 6) is -1.00. The van der Waals surface area contributed by atoms with Crippen LogP contribution >= 0.6 is 0 Å². The molecule has 0 aliphatic carbocycles. The van der Waals surface area contributed by atoms with Crippen LogP contribution in [0.25, 0.3) is 0 Å². The number of nitrogens with one attached hydrogen (secondary N) is 1. The summed E-state index contributed by atoms with van der Waals surface area (Å²) in [4.78, 5) is 38.6. The lowest BCUT2D eigenvalue weighted by atomic mass is 10.1. The normalized spacial score (nSPS) is 20.7. The summed E-state index contributed by atoms with van der Waals surface area (Å²) in [7, 11) is 2.02. The van der Waals surface area contributed by atoms with Crippen molar-refractivity contribution >= 4 is 29.2 Å². The fourth-order valence-corrected chi connectivity index (χ4v) is 4.44. The Bertz CT molecular complexity index is 1100. The molecular formula is C23H30FN7O4. The zero-order chi connectivity index (χ0) is 25.1. The Labute approximate surface area is 202 Å². The molecule has 2 aliphatic rings. The number of ether oxygens (including phenoxy) is 1. The van der Waals surface area contributed by atoms with E-state index in [4.69, 9.17) is 10.5 Å². The third kappa shape index (κ3) is 5.37. The fourth-order valence-electron chi connectivity index (χ4n) is 4.44. The zero-order valence-corrected chi connectivity index (χ0v) is 19.8. The highest BCUT2D eigenvalue weighted by atomic mass is 19.1. The Balaban J connectivity index is 1.64. The van der Waals surface area contributed by atoms with Gasteiger partial charge in [0, 0.05) is 31.7 Å². The van der Waals surface area contributed by atoms with Gasteiger partial charge in [0.1, 0.15) is 18.1 Å². The molecule has 0 saturated carbocycles. The molecule has 2 atom stereocenters. The number of likely N-dealkylation sites (N-methyl/N-ethyl adjacent to an activating group) is 1. The summed E-state index contributed by atoms with van der Waals surface area (Å²) in [6.07, 6.45) is 1.05. The molecule has 35 heavy (non-hydrogen) atoms. The van der Waals surface area contributed by atoms with Gasteiger partial charge in [0.05, 0.1) is 5.69 Å². The standard InChI is InChI=1S/C23H30FN7O4/c1-14-12-30(23(33)34)10-11-31(14)20-18(25)19(21(32)26-17-8-4-3-7-16(17)24)27-22(28-20)35-13-15-6-5-9-29(15)2/h3-4,7-8,14-15H,5-6,9-13,25H2,1-2H3,(H,26,32)(H,33,34). The number of halogens is 1.